The third-order valence-electron chi connectivity index (χ3n) is 4.11. The van der Waals surface area contributed by atoms with Gasteiger partial charge in [0.05, 0.1) is 11.1 Å². The lowest BCUT2D eigenvalue weighted by atomic mass is 10.1. The lowest BCUT2D eigenvalue weighted by Gasteiger charge is -2.18. The summed E-state index contributed by atoms with van der Waals surface area (Å²) in [6, 6.07) is 14.9. The van der Waals surface area contributed by atoms with Gasteiger partial charge in [0.15, 0.2) is 5.82 Å². The largest absolute Gasteiger partial charge is 0.507 e. The summed E-state index contributed by atoms with van der Waals surface area (Å²) in [4.78, 5) is 9.21. The van der Waals surface area contributed by atoms with Gasteiger partial charge >= 0.3 is 0 Å². The molecule has 5 heteroatoms. The van der Waals surface area contributed by atoms with Crippen LogP contribution in [0.1, 0.15) is 13.8 Å². The number of phenols is 1. The Morgan fingerprint density at radius 2 is 1.75 bits per heavy atom. The number of rotatable bonds is 5. The van der Waals surface area contributed by atoms with Crippen LogP contribution in [-0.4, -0.2) is 27.7 Å². The maximum atomic E-state index is 10.1. The molecule has 0 saturated carbocycles. The van der Waals surface area contributed by atoms with Gasteiger partial charge in [0, 0.05) is 18.0 Å². The molecule has 0 bridgehead atoms. The molecule has 0 spiro atoms. The van der Waals surface area contributed by atoms with Crippen molar-refractivity contribution in [2.24, 2.45) is 11.7 Å². The van der Waals surface area contributed by atoms with Crippen LogP contribution >= 0.6 is 0 Å². The molecule has 124 valence electrons. The van der Waals surface area contributed by atoms with E-state index in [0.29, 0.717) is 23.9 Å². The van der Waals surface area contributed by atoms with Gasteiger partial charge < -0.3 is 16.2 Å². The van der Waals surface area contributed by atoms with Gasteiger partial charge in [-0.25, -0.2) is 9.97 Å². The lowest BCUT2D eigenvalue weighted by Crippen LogP contribution is -2.34. The molecule has 3 aromatic rings. The number of nitrogens with one attached hydrogen (secondary N) is 1. The maximum absolute atomic E-state index is 10.1. The average Bonchev–Trinajstić information content (AvgIpc) is 2.59. The first kappa shape index (κ1) is 16.2. The number of anilines is 1. The van der Waals surface area contributed by atoms with Crippen molar-refractivity contribution in [1.82, 2.24) is 9.97 Å². The summed E-state index contributed by atoms with van der Waals surface area (Å²) >= 11 is 0. The Labute approximate surface area is 141 Å². The quantitative estimate of drug-likeness (QED) is 0.670. The van der Waals surface area contributed by atoms with E-state index in [4.69, 9.17) is 5.73 Å². The molecule has 4 N–H and O–H groups in total. The van der Waals surface area contributed by atoms with E-state index in [1.807, 2.05) is 36.4 Å². The first-order valence-corrected chi connectivity index (χ1v) is 8.11. The number of aromatic hydroxyl groups is 1. The first-order valence-electron chi connectivity index (χ1n) is 8.11. The number of nitrogens with zero attached hydrogens (tertiary/aromatic N) is 2. The standard InChI is InChI=1S/C19H22N4O/c1-12(2)15(20)11-21-18-13-7-3-5-9-16(13)22-19(23-18)14-8-4-6-10-17(14)24/h3-10,12,15,24H,11,20H2,1-2H3,(H,21,22,23)/t15-/m0/s1. The van der Waals surface area contributed by atoms with Crippen molar-refractivity contribution in [2.45, 2.75) is 19.9 Å². The van der Waals surface area contributed by atoms with Crippen molar-refractivity contribution in [1.29, 1.82) is 0 Å². The Kier molecular flexibility index (Phi) is 4.62. The van der Waals surface area contributed by atoms with Crippen LogP contribution in [-0.2, 0) is 0 Å². The van der Waals surface area contributed by atoms with E-state index in [9.17, 15) is 5.11 Å². The monoisotopic (exact) mass is 322 g/mol. The molecule has 1 atom stereocenters. The van der Waals surface area contributed by atoms with Gasteiger partial charge in [0.2, 0.25) is 0 Å². The number of phenolic OH excluding ortho intramolecular Hbond substituents is 1. The molecule has 0 aliphatic carbocycles. The Morgan fingerprint density at radius 1 is 1.04 bits per heavy atom. The maximum Gasteiger partial charge on any atom is 0.165 e. The molecule has 2 aromatic carbocycles. The van der Waals surface area contributed by atoms with Crippen LogP contribution in [0, 0.1) is 5.92 Å². The van der Waals surface area contributed by atoms with Crippen molar-refractivity contribution < 1.29 is 5.11 Å². The highest BCUT2D eigenvalue weighted by Crippen LogP contribution is 2.29. The number of hydrogen-bond donors (Lipinski definition) is 3. The molecule has 0 fully saturated rings. The average molecular weight is 322 g/mol. The van der Waals surface area contributed by atoms with Crippen LogP contribution in [0.5, 0.6) is 5.75 Å². The number of para-hydroxylation sites is 2. The third-order valence-corrected chi connectivity index (χ3v) is 4.11. The van der Waals surface area contributed by atoms with Gasteiger partial charge in [-0.1, -0.05) is 38.1 Å². The van der Waals surface area contributed by atoms with Crippen molar-refractivity contribution in [3.05, 3.63) is 48.5 Å². The van der Waals surface area contributed by atoms with Gasteiger partial charge in [0.25, 0.3) is 0 Å². The number of fused-ring (bicyclic) bond motifs is 1. The zero-order valence-electron chi connectivity index (χ0n) is 13.9. The molecule has 1 heterocycles. The van der Waals surface area contributed by atoms with Crippen LogP contribution in [0.25, 0.3) is 22.3 Å². The highest BCUT2D eigenvalue weighted by molar-refractivity contribution is 5.90. The Morgan fingerprint density at radius 3 is 2.50 bits per heavy atom. The minimum absolute atomic E-state index is 0.0345. The molecule has 0 unspecified atom stereocenters. The van der Waals surface area contributed by atoms with Gasteiger partial charge in [-0.2, -0.15) is 0 Å². The molecule has 24 heavy (non-hydrogen) atoms. The molecule has 0 radical (unpaired) electrons. The molecular weight excluding hydrogens is 300 g/mol. The lowest BCUT2D eigenvalue weighted by molar-refractivity contribution is 0.477. The zero-order chi connectivity index (χ0) is 17.1. The molecule has 0 saturated heterocycles. The summed E-state index contributed by atoms with van der Waals surface area (Å²) < 4.78 is 0. The summed E-state index contributed by atoms with van der Waals surface area (Å²) in [6.07, 6.45) is 0. The Balaban J connectivity index is 2.05. The van der Waals surface area contributed by atoms with Crippen LogP contribution in [0.3, 0.4) is 0 Å². The molecule has 5 nitrogen and oxygen atoms in total. The predicted molar refractivity (Wildman–Crippen MR) is 97.9 cm³/mol. The Hall–Kier alpha value is -2.66. The van der Waals surface area contributed by atoms with E-state index in [1.165, 1.54) is 0 Å². The van der Waals surface area contributed by atoms with Crippen molar-refractivity contribution in [3.63, 3.8) is 0 Å². The summed E-state index contributed by atoms with van der Waals surface area (Å²) in [5.74, 6) is 1.77. The second-order valence-electron chi connectivity index (χ2n) is 6.22. The first-order chi connectivity index (χ1) is 11.6. The Bertz CT molecular complexity index is 848. The van der Waals surface area contributed by atoms with Crippen LogP contribution in [0.15, 0.2) is 48.5 Å². The van der Waals surface area contributed by atoms with E-state index in [-0.39, 0.29) is 11.8 Å². The molecular formula is C19H22N4O. The van der Waals surface area contributed by atoms with Gasteiger partial charge in [0.1, 0.15) is 11.6 Å². The number of benzene rings is 2. The highest BCUT2D eigenvalue weighted by atomic mass is 16.3. The number of aromatic nitrogens is 2. The highest BCUT2D eigenvalue weighted by Gasteiger charge is 2.13. The summed E-state index contributed by atoms with van der Waals surface area (Å²) in [6.45, 7) is 4.81. The SMILES string of the molecule is CC(C)[C@@H](N)CNc1nc(-c2ccccc2O)nc2ccccc12. The van der Waals surface area contributed by atoms with Crippen molar-refractivity contribution in [2.75, 3.05) is 11.9 Å². The minimum Gasteiger partial charge on any atom is -0.507 e. The van der Waals surface area contributed by atoms with Gasteiger partial charge in [-0.3, -0.25) is 0 Å². The summed E-state index contributed by atoms with van der Waals surface area (Å²) in [5.41, 5.74) is 7.57. The van der Waals surface area contributed by atoms with E-state index >= 15 is 0 Å². The molecule has 0 amide bonds. The van der Waals surface area contributed by atoms with E-state index in [1.54, 1.807) is 12.1 Å². The van der Waals surface area contributed by atoms with Crippen LogP contribution in [0.4, 0.5) is 5.82 Å². The fraction of sp³-hybridized carbons (Fsp3) is 0.263. The van der Waals surface area contributed by atoms with Gasteiger partial charge in [-0.05, 0) is 30.2 Å². The van der Waals surface area contributed by atoms with Crippen LogP contribution < -0.4 is 11.1 Å². The molecule has 0 aliphatic heterocycles. The molecule has 3 rings (SSSR count). The van der Waals surface area contributed by atoms with Crippen molar-refractivity contribution in [3.8, 4) is 17.1 Å². The van der Waals surface area contributed by atoms with E-state index < -0.39 is 0 Å². The predicted octanol–water partition coefficient (Wildman–Crippen LogP) is 3.40. The number of nitrogens with two attached hydrogens (primary N) is 1. The summed E-state index contributed by atoms with van der Waals surface area (Å²) in [5, 5.41) is 14.4. The second-order valence-corrected chi connectivity index (χ2v) is 6.22. The van der Waals surface area contributed by atoms with Crippen molar-refractivity contribution >= 4 is 16.7 Å². The fourth-order valence-electron chi connectivity index (χ4n) is 2.44. The zero-order valence-corrected chi connectivity index (χ0v) is 13.9. The van der Waals surface area contributed by atoms with Crippen LogP contribution in [0.2, 0.25) is 0 Å². The smallest absolute Gasteiger partial charge is 0.165 e. The summed E-state index contributed by atoms with van der Waals surface area (Å²) in [7, 11) is 0. The molecule has 0 aliphatic rings. The second kappa shape index (κ2) is 6.84. The third kappa shape index (κ3) is 3.31. The topological polar surface area (TPSA) is 84.1 Å². The number of hydrogen-bond acceptors (Lipinski definition) is 5. The minimum atomic E-state index is 0.0345. The fourth-order valence-corrected chi connectivity index (χ4v) is 2.44. The van der Waals surface area contributed by atoms with Gasteiger partial charge in [-0.15, -0.1) is 0 Å². The molecule has 1 aromatic heterocycles. The van der Waals surface area contributed by atoms with E-state index in [2.05, 4.69) is 29.1 Å². The van der Waals surface area contributed by atoms with E-state index in [0.717, 1.165) is 16.7 Å². The normalized spacial score (nSPS) is 12.5.